The van der Waals surface area contributed by atoms with E-state index in [2.05, 4.69) is 16.9 Å². The van der Waals surface area contributed by atoms with Gasteiger partial charge in [-0.15, -0.1) is 0 Å². The van der Waals surface area contributed by atoms with Crippen LogP contribution < -0.4 is 0 Å². The van der Waals surface area contributed by atoms with Gasteiger partial charge in [-0.1, -0.05) is 25.5 Å². The number of hydrogen-bond acceptors (Lipinski definition) is 5. The van der Waals surface area contributed by atoms with Crippen LogP contribution >= 0.6 is 0 Å². The van der Waals surface area contributed by atoms with E-state index in [1.807, 2.05) is 31.5 Å². The molecule has 0 bridgehead atoms. The van der Waals surface area contributed by atoms with E-state index in [0.717, 1.165) is 62.7 Å². The molecule has 1 aliphatic carbocycles. The highest BCUT2D eigenvalue weighted by Crippen LogP contribution is 2.24. The van der Waals surface area contributed by atoms with Gasteiger partial charge in [0.15, 0.2) is 5.82 Å². The number of unbranched alkanes of at least 4 members (excludes halogenated alkanes) is 1. The third kappa shape index (κ3) is 5.61. The van der Waals surface area contributed by atoms with Crippen molar-refractivity contribution in [2.75, 3.05) is 6.61 Å². The van der Waals surface area contributed by atoms with Crippen molar-refractivity contribution in [3.8, 4) is 11.4 Å². The van der Waals surface area contributed by atoms with E-state index in [1.165, 1.54) is 0 Å². The van der Waals surface area contributed by atoms with Crippen molar-refractivity contribution in [3.05, 3.63) is 47.8 Å². The molecule has 2 aromatic rings. The Morgan fingerprint density at radius 3 is 2.25 bits per heavy atom. The maximum atomic E-state index is 12.4. The lowest BCUT2D eigenvalue weighted by atomic mass is 9.95. The van der Waals surface area contributed by atoms with Crippen LogP contribution in [0.5, 0.6) is 0 Å². The van der Waals surface area contributed by atoms with Gasteiger partial charge in [0.25, 0.3) is 0 Å². The predicted octanol–water partition coefficient (Wildman–Crippen LogP) is 4.99. The molecule has 0 amide bonds. The Balaban J connectivity index is 1.54. The smallest absolute Gasteiger partial charge is 0.338 e. The van der Waals surface area contributed by atoms with Crippen molar-refractivity contribution in [1.29, 1.82) is 0 Å². The first kappa shape index (κ1) is 20.5. The second-order valence-corrected chi connectivity index (χ2v) is 7.36. The minimum Gasteiger partial charge on any atom is -0.459 e. The van der Waals surface area contributed by atoms with Crippen LogP contribution in [-0.2, 0) is 15.9 Å². The van der Waals surface area contributed by atoms with Crippen LogP contribution in [0.2, 0.25) is 0 Å². The molecule has 1 aliphatic rings. The summed E-state index contributed by atoms with van der Waals surface area (Å²) in [5.74, 6) is 0.414. The molecule has 1 saturated carbocycles. The van der Waals surface area contributed by atoms with Gasteiger partial charge in [-0.3, -0.25) is 0 Å². The summed E-state index contributed by atoms with van der Waals surface area (Å²) < 4.78 is 11.3. The lowest BCUT2D eigenvalue weighted by molar-refractivity contribution is -0.0163. The van der Waals surface area contributed by atoms with Gasteiger partial charge in [0.2, 0.25) is 0 Å². The van der Waals surface area contributed by atoms with E-state index >= 15 is 0 Å². The molecule has 3 rings (SSSR count). The van der Waals surface area contributed by atoms with E-state index in [1.54, 1.807) is 12.1 Å². The summed E-state index contributed by atoms with van der Waals surface area (Å²) in [6, 6.07) is 7.34. The van der Waals surface area contributed by atoms with Crippen LogP contribution in [-0.4, -0.2) is 34.8 Å². The minimum atomic E-state index is -0.262. The summed E-state index contributed by atoms with van der Waals surface area (Å²) in [5, 5.41) is 0. The molecule has 1 fully saturated rings. The van der Waals surface area contributed by atoms with Gasteiger partial charge in [-0.05, 0) is 63.1 Å². The molecule has 1 heterocycles. The third-order valence-corrected chi connectivity index (χ3v) is 5.20. The van der Waals surface area contributed by atoms with Gasteiger partial charge >= 0.3 is 5.97 Å². The van der Waals surface area contributed by atoms with E-state index in [4.69, 9.17) is 9.47 Å². The number of hydrogen-bond donors (Lipinski definition) is 0. The van der Waals surface area contributed by atoms with E-state index < -0.39 is 0 Å². The summed E-state index contributed by atoms with van der Waals surface area (Å²) in [7, 11) is 0. The number of carbonyl (C=O) groups excluding carboxylic acids is 1. The van der Waals surface area contributed by atoms with Crippen LogP contribution in [0.4, 0.5) is 0 Å². The molecule has 0 spiro atoms. The highest BCUT2D eigenvalue weighted by Gasteiger charge is 2.24. The van der Waals surface area contributed by atoms with Gasteiger partial charge in [0, 0.05) is 24.6 Å². The molecular formula is C23H30N2O3. The normalized spacial score (nSPS) is 19.4. The molecule has 0 N–H and O–H groups in total. The van der Waals surface area contributed by atoms with Crippen molar-refractivity contribution < 1.29 is 14.3 Å². The molecule has 150 valence electrons. The topological polar surface area (TPSA) is 61.3 Å². The molecular weight excluding hydrogens is 352 g/mol. The van der Waals surface area contributed by atoms with Gasteiger partial charge < -0.3 is 9.47 Å². The maximum absolute atomic E-state index is 12.4. The van der Waals surface area contributed by atoms with Gasteiger partial charge in [0.1, 0.15) is 6.10 Å². The molecule has 1 aromatic heterocycles. The number of nitrogens with zero attached hydrogens (tertiary/aromatic N) is 2. The van der Waals surface area contributed by atoms with E-state index in [-0.39, 0.29) is 12.1 Å². The van der Waals surface area contributed by atoms with Crippen LogP contribution in [0, 0.1) is 0 Å². The summed E-state index contributed by atoms with van der Waals surface area (Å²) in [6.45, 7) is 4.93. The Kier molecular flexibility index (Phi) is 7.54. The first-order chi connectivity index (χ1) is 13.7. The van der Waals surface area contributed by atoms with E-state index in [0.29, 0.717) is 17.5 Å². The quantitative estimate of drug-likeness (QED) is 0.602. The molecule has 5 heteroatoms. The molecule has 0 saturated heterocycles. The number of carbonyl (C=O) groups is 1. The summed E-state index contributed by atoms with van der Waals surface area (Å²) in [4.78, 5) is 21.3. The summed E-state index contributed by atoms with van der Waals surface area (Å²) in [6.07, 6.45) is 11.0. The molecule has 28 heavy (non-hydrogen) atoms. The van der Waals surface area contributed by atoms with Crippen molar-refractivity contribution >= 4 is 5.97 Å². The van der Waals surface area contributed by atoms with Crippen molar-refractivity contribution in [2.45, 2.75) is 71.0 Å². The number of ether oxygens (including phenoxy) is 2. The fourth-order valence-corrected chi connectivity index (χ4v) is 3.54. The zero-order valence-electron chi connectivity index (χ0n) is 16.9. The summed E-state index contributed by atoms with van der Waals surface area (Å²) in [5.41, 5.74) is 2.62. The molecule has 0 atom stereocenters. The highest BCUT2D eigenvalue weighted by molar-refractivity contribution is 5.90. The Morgan fingerprint density at radius 2 is 1.64 bits per heavy atom. The minimum absolute atomic E-state index is 0.0112. The highest BCUT2D eigenvalue weighted by atomic mass is 16.5. The number of aryl methyl sites for hydroxylation is 1. The average molecular weight is 383 g/mol. The molecule has 1 aromatic carbocycles. The molecule has 0 aliphatic heterocycles. The molecule has 5 nitrogen and oxygen atoms in total. The van der Waals surface area contributed by atoms with Crippen LogP contribution in [0.25, 0.3) is 11.4 Å². The third-order valence-electron chi connectivity index (χ3n) is 5.20. The van der Waals surface area contributed by atoms with Crippen LogP contribution in [0.15, 0.2) is 36.7 Å². The number of esters is 1. The molecule has 0 unspecified atom stereocenters. The monoisotopic (exact) mass is 382 g/mol. The van der Waals surface area contributed by atoms with Gasteiger partial charge in [0.05, 0.1) is 11.7 Å². The summed E-state index contributed by atoms with van der Waals surface area (Å²) >= 11 is 0. The first-order valence-corrected chi connectivity index (χ1v) is 10.4. The second kappa shape index (κ2) is 10.3. The van der Waals surface area contributed by atoms with Crippen LogP contribution in [0.3, 0.4) is 0 Å². The Morgan fingerprint density at radius 1 is 1.00 bits per heavy atom. The Labute approximate surface area is 167 Å². The lowest BCUT2D eigenvalue weighted by Crippen LogP contribution is -2.28. The zero-order valence-corrected chi connectivity index (χ0v) is 16.9. The zero-order chi connectivity index (χ0) is 19.8. The largest absolute Gasteiger partial charge is 0.459 e. The fourth-order valence-electron chi connectivity index (χ4n) is 3.54. The number of rotatable bonds is 8. The first-order valence-electron chi connectivity index (χ1n) is 10.4. The van der Waals surface area contributed by atoms with Gasteiger partial charge in [-0.2, -0.15) is 0 Å². The average Bonchev–Trinajstić information content (AvgIpc) is 2.74. The number of aromatic nitrogens is 2. The number of benzene rings is 1. The van der Waals surface area contributed by atoms with Crippen molar-refractivity contribution in [2.24, 2.45) is 0 Å². The Hall–Kier alpha value is -2.27. The lowest BCUT2D eigenvalue weighted by Gasteiger charge is -2.28. The van der Waals surface area contributed by atoms with Crippen molar-refractivity contribution in [1.82, 2.24) is 9.97 Å². The predicted molar refractivity (Wildman–Crippen MR) is 109 cm³/mol. The molecule has 0 radical (unpaired) electrons. The van der Waals surface area contributed by atoms with Gasteiger partial charge in [-0.25, -0.2) is 14.8 Å². The van der Waals surface area contributed by atoms with Crippen LogP contribution in [0.1, 0.15) is 68.3 Å². The standard InChI is InChI=1S/C23H30N2O3/c1-3-5-6-17-15-24-22(25-16-17)18-7-9-19(10-8-18)23(26)28-21-13-11-20(12-14-21)27-4-2/h7-10,15-16,20-21H,3-6,11-14H2,1-2H3/t20-,21-. The van der Waals surface area contributed by atoms with Crippen molar-refractivity contribution in [3.63, 3.8) is 0 Å². The second-order valence-electron chi connectivity index (χ2n) is 7.36. The van der Waals surface area contributed by atoms with E-state index in [9.17, 15) is 4.79 Å². The maximum Gasteiger partial charge on any atom is 0.338 e. The Bertz CT molecular complexity index is 735. The SMILES string of the molecule is CCCCc1cnc(-c2ccc(C(=O)O[C@H]3CC[C@H](OCC)CC3)cc2)nc1. The fraction of sp³-hybridized carbons (Fsp3) is 0.522.